The predicted molar refractivity (Wildman–Crippen MR) is 86.7 cm³/mol. The first kappa shape index (κ1) is 15.8. The van der Waals surface area contributed by atoms with E-state index < -0.39 is 17.8 Å². The highest BCUT2D eigenvalue weighted by molar-refractivity contribution is 5.59. The first-order valence-electron chi connectivity index (χ1n) is 8.42. The van der Waals surface area contributed by atoms with Gasteiger partial charge in [0.1, 0.15) is 0 Å². The van der Waals surface area contributed by atoms with Gasteiger partial charge < -0.3 is 10.4 Å². The molecule has 1 aliphatic heterocycles. The minimum absolute atomic E-state index is 0.0112. The summed E-state index contributed by atoms with van der Waals surface area (Å²) in [5.41, 5.74) is 0.881. The van der Waals surface area contributed by atoms with Gasteiger partial charge in [0, 0.05) is 17.6 Å². The summed E-state index contributed by atoms with van der Waals surface area (Å²) in [7, 11) is 0. The van der Waals surface area contributed by atoms with Crippen LogP contribution >= 0.6 is 0 Å². The van der Waals surface area contributed by atoms with Crippen molar-refractivity contribution in [2.45, 2.75) is 43.5 Å². The summed E-state index contributed by atoms with van der Waals surface area (Å²) < 4.78 is 39.2. The summed E-state index contributed by atoms with van der Waals surface area (Å²) in [5, 5.41) is 13.6. The van der Waals surface area contributed by atoms with Crippen LogP contribution in [0.5, 0.6) is 0 Å². The lowest BCUT2D eigenvalue weighted by atomic mass is 9.73. The number of rotatable bonds is 1. The molecule has 128 valence electrons. The molecule has 0 spiro atoms. The van der Waals surface area contributed by atoms with Gasteiger partial charge >= 0.3 is 6.18 Å². The fourth-order valence-corrected chi connectivity index (χ4v) is 4.55. The molecule has 5 heteroatoms. The Balaban J connectivity index is 1.72. The first-order valence-corrected chi connectivity index (χ1v) is 8.42. The van der Waals surface area contributed by atoms with Crippen molar-refractivity contribution < 1.29 is 18.3 Å². The quantitative estimate of drug-likeness (QED) is 0.793. The van der Waals surface area contributed by atoms with Crippen molar-refractivity contribution in [1.29, 1.82) is 0 Å². The van der Waals surface area contributed by atoms with Gasteiger partial charge in [0.2, 0.25) is 0 Å². The summed E-state index contributed by atoms with van der Waals surface area (Å²) in [6, 6.07) is 4.11. The van der Waals surface area contributed by atoms with Gasteiger partial charge in [-0.2, -0.15) is 13.2 Å². The van der Waals surface area contributed by atoms with E-state index in [2.05, 4.69) is 17.5 Å². The highest BCUT2D eigenvalue weighted by Crippen LogP contribution is 2.51. The molecule has 2 aliphatic carbocycles. The Hall–Kier alpha value is -1.75. The molecule has 0 bridgehead atoms. The molecule has 1 aromatic carbocycles. The monoisotopic (exact) mass is 335 g/mol. The molecule has 1 heterocycles. The summed E-state index contributed by atoms with van der Waals surface area (Å²) in [6.07, 6.45) is 5.66. The van der Waals surface area contributed by atoms with E-state index in [1.165, 1.54) is 6.07 Å². The Morgan fingerprint density at radius 2 is 1.96 bits per heavy atom. The summed E-state index contributed by atoms with van der Waals surface area (Å²) in [6.45, 7) is 0. The molecular formula is C19H20F3NO. The Morgan fingerprint density at radius 3 is 2.67 bits per heavy atom. The van der Waals surface area contributed by atoms with Crippen molar-refractivity contribution >= 4 is 5.69 Å². The molecule has 0 radical (unpaired) electrons. The third kappa shape index (κ3) is 2.65. The van der Waals surface area contributed by atoms with Crippen LogP contribution in [0.2, 0.25) is 0 Å². The van der Waals surface area contributed by atoms with Crippen molar-refractivity contribution in [3.05, 3.63) is 53.6 Å². The number of hydrogen-bond acceptors (Lipinski definition) is 2. The van der Waals surface area contributed by atoms with E-state index in [4.69, 9.17) is 0 Å². The van der Waals surface area contributed by atoms with Gasteiger partial charge in [-0.25, -0.2) is 0 Å². The minimum atomic E-state index is -4.34. The van der Waals surface area contributed by atoms with Gasteiger partial charge in [0.05, 0.1) is 11.7 Å². The van der Waals surface area contributed by atoms with Crippen molar-refractivity contribution in [3.8, 4) is 0 Å². The van der Waals surface area contributed by atoms with Gasteiger partial charge in [-0.15, -0.1) is 0 Å². The number of halogens is 3. The summed E-state index contributed by atoms with van der Waals surface area (Å²) in [5.74, 6) is 0.461. The molecule has 24 heavy (non-hydrogen) atoms. The maximum atomic E-state index is 13.1. The zero-order valence-electron chi connectivity index (χ0n) is 13.1. The second-order valence-electron chi connectivity index (χ2n) is 7.08. The van der Waals surface area contributed by atoms with Crippen LogP contribution in [-0.4, -0.2) is 17.3 Å². The van der Waals surface area contributed by atoms with Crippen LogP contribution in [0.4, 0.5) is 18.9 Å². The molecule has 1 fully saturated rings. The molecule has 2 N–H and O–H groups in total. The van der Waals surface area contributed by atoms with Crippen LogP contribution in [-0.2, 0) is 6.18 Å². The van der Waals surface area contributed by atoms with E-state index >= 15 is 0 Å². The van der Waals surface area contributed by atoms with Crippen LogP contribution < -0.4 is 5.32 Å². The second-order valence-corrected chi connectivity index (χ2v) is 7.08. The number of allylic oxidation sites excluding steroid dienone is 3. The van der Waals surface area contributed by atoms with Crippen molar-refractivity contribution in [3.63, 3.8) is 0 Å². The van der Waals surface area contributed by atoms with Crippen LogP contribution in [0.15, 0.2) is 42.5 Å². The number of alkyl halides is 3. The average molecular weight is 335 g/mol. The van der Waals surface area contributed by atoms with Gasteiger partial charge in [0.15, 0.2) is 0 Å². The minimum Gasteiger partial charge on any atom is -0.393 e. The standard InChI is InChI=1S/C19H20F3NO/c20-19(21,22)12-6-7-17-15(8-12)14-9-13(24)10-16(14)18(23-17)11-4-2-1-3-5-11/h1-4,6-8,11,13-14,16,18,23-24H,5,9-10H2/t11?,13-,14-,16-,18+/m1/s1. The second kappa shape index (κ2) is 5.66. The Morgan fingerprint density at radius 1 is 1.12 bits per heavy atom. The van der Waals surface area contributed by atoms with Crippen LogP contribution in [0.1, 0.15) is 36.3 Å². The number of anilines is 1. The van der Waals surface area contributed by atoms with Crippen LogP contribution in [0, 0.1) is 11.8 Å². The number of benzene rings is 1. The maximum Gasteiger partial charge on any atom is 0.416 e. The van der Waals surface area contributed by atoms with Gasteiger partial charge in [-0.3, -0.25) is 0 Å². The Bertz CT molecular complexity index is 694. The summed E-state index contributed by atoms with van der Waals surface area (Å²) in [4.78, 5) is 0. The summed E-state index contributed by atoms with van der Waals surface area (Å²) >= 11 is 0. The molecule has 0 amide bonds. The van der Waals surface area contributed by atoms with Gasteiger partial charge in [-0.05, 0) is 54.9 Å². The van der Waals surface area contributed by atoms with Gasteiger partial charge in [-0.1, -0.05) is 24.3 Å². The number of fused-ring (bicyclic) bond motifs is 3. The average Bonchev–Trinajstić information content (AvgIpc) is 2.95. The van der Waals surface area contributed by atoms with E-state index in [1.54, 1.807) is 6.07 Å². The topological polar surface area (TPSA) is 32.3 Å². The van der Waals surface area contributed by atoms with E-state index in [9.17, 15) is 18.3 Å². The predicted octanol–water partition coefficient (Wildman–Crippen LogP) is 4.49. The van der Waals surface area contributed by atoms with E-state index in [0.717, 1.165) is 18.2 Å². The SMILES string of the molecule is O[C@H]1C[C@@H]2[C@H](C1)c1cc(C(F)(F)F)ccc1N[C@H]2C1C=CC=CC1. The number of hydrogen-bond donors (Lipinski definition) is 2. The molecule has 1 unspecified atom stereocenters. The van der Waals surface area contributed by atoms with Crippen LogP contribution in [0.25, 0.3) is 0 Å². The fourth-order valence-electron chi connectivity index (χ4n) is 4.55. The number of nitrogens with one attached hydrogen (secondary N) is 1. The van der Waals surface area contributed by atoms with Gasteiger partial charge in [0.25, 0.3) is 0 Å². The number of aliphatic hydroxyl groups is 1. The Labute approximate surface area is 139 Å². The lowest BCUT2D eigenvalue weighted by Gasteiger charge is -2.41. The maximum absolute atomic E-state index is 13.1. The molecule has 4 rings (SSSR count). The third-order valence-corrected chi connectivity index (χ3v) is 5.62. The highest BCUT2D eigenvalue weighted by atomic mass is 19.4. The van der Waals surface area contributed by atoms with Crippen molar-refractivity contribution in [2.75, 3.05) is 5.32 Å². The van der Waals surface area contributed by atoms with Crippen molar-refractivity contribution in [1.82, 2.24) is 0 Å². The molecule has 5 atom stereocenters. The Kier molecular flexibility index (Phi) is 3.71. The van der Waals surface area contributed by atoms with E-state index in [-0.39, 0.29) is 17.9 Å². The molecule has 0 saturated heterocycles. The first-order chi connectivity index (χ1) is 11.4. The molecule has 1 saturated carbocycles. The zero-order chi connectivity index (χ0) is 16.9. The normalized spacial score (nSPS) is 34.6. The lowest BCUT2D eigenvalue weighted by Crippen LogP contribution is -2.41. The molecular weight excluding hydrogens is 315 g/mol. The van der Waals surface area contributed by atoms with Crippen LogP contribution in [0.3, 0.4) is 0 Å². The van der Waals surface area contributed by atoms with E-state index in [1.807, 2.05) is 12.2 Å². The van der Waals surface area contributed by atoms with E-state index in [0.29, 0.717) is 24.3 Å². The molecule has 1 aromatic rings. The zero-order valence-corrected chi connectivity index (χ0v) is 13.1. The largest absolute Gasteiger partial charge is 0.416 e. The molecule has 3 aliphatic rings. The smallest absolute Gasteiger partial charge is 0.393 e. The molecule has 0 aromatic heterocycles. The molecule has 2 nitrogen and oxygen atoms in total. The highest BCUT2D eigenvalue weighted by Gasteiger charge is 2.46. The van der Waals surface area contributed by atoms with Crippen molar-refractivity contribution in [2.24, 2.45) is 11.8 Å². The fraction of sp³-hybridized carbons (Fsp3) is 0.474. The third-order valence-electron chi connectivity index (χ3n) is 5.62. The lowest BCUT2D eigenvalue weighted by molar-refractivity contribution is -0.137. The number of aliphatic hydroxyl groups excluding tert-OH is 1.